The van der Waals surface area contributed by atoms with E-state index in [2.05, 4.69) is 219 Å². The van der Waals surface area contributed by atoms with Crippen molar-refractivity contribution < 1.29 is 4.42 Å². The van der Waals surface area contributed by atoms with Crippen LogP contribution in [0.4, 0.5) is 17.1 Å². The van der Waals surface area contributed by atoms with E-state index >= 15 is 0 Å². The van der Waals surface area contributed by atoms with Gasteiger partial charge in [0.15, 0.2) is 0 Å². The molecule has 12 rings (SSSR count). The van der Waals surface area contributed by atoms with Gasteiger partial charge < -0.3 is 9.32 Å². The Morgan fingerprint density at radius 2 is 1.00 bits per heavy atom. The lowest BCUT2D eigenvalue weighted by atomic mass is 9.81. The van der Waals surface area contributed by atoms with Crippen LogP contribution in [0.3, 0.4) is 0 Å². The molecule has 0 atom stereocenters. The minimum absolute atomic E-state index is 0.214. The van der Waals surface area contributed by atoms with Gasteiger partial charge in [-0.1, -0.05) is 166 Å². The molecule has 0 amide bonds. The van der Waals surface area contributed by atoms with Gasteiger partial charge in [0.1, 0.15) is 11.2 Å². The highest BCUT2D eigenvalue weighted by atomic mass is 16.3. The molecule has 0 aliphatic heterocycles. The van der Waals surface area contributed by atoms with Gasteiger partial charge in [-0.05, 0) is 125 Å². The van der Waals surface area contributed by atoms with E-state index in [-0.39, 0.29) is 5.41 Å². The summed E-state index contributed by atoms with van der Waals surface area (Å²) < 4.78 is 6.70. The molecule has 0 saturated heterocycles. The first-order valence-corrected chi connectivity index (χ1v) is 20.5. The maximum atomic E-state index is 6.70. The van der Waals surface area contributed by atoms with Crippen LogP contribution in [0.15, 0.2) is 205 Å². The maximum absolute atomic E-state index is 6.70. The van der Waals surface area contributed by atoms with Gasteiger partial charge in [0.25, 0.3) is 0 Å². The van der Waals surface area contributed by atoms with E-state index in [0.717, 1.165) is 44.6 Å². The molecular formula is C57H39NO. The minimum Gasteiger partial charge on any atom is -0.456 e. The Morgan fingerprint density at radius 1 is 0.373 bits per heavy atom. The molecule has 59 heavy (non-hydrogen) atoms. The number of anilines is 3. The van der Waals surface area contributed by atoms with Crippen molar-refractivity contribution in [2.45, 2.75) is 19.3 Å². The second-order valence-corrected chi connectivity index (χ2v) is 16.4. The van der Waals surface area contributed by atoms with E-state index < -0.39 is 0 Å². The number of hydrogen-bond acceptors (Lipinski definition) is 2. The van der Waals surface area contributed by atoms with Gasteiger partial charge in [-0.25, -0.2) is 0 Å². The fraction of sp³-hybridized carbons (Fsp3) is 0.0526. The van der Waals surface area contributed by atoms with Crippen LogP contribution in [0.5, 0.6) is 0 Å². The van der Waals surface area contributed by atoms with E-state index in [4.69, 9.17) is 4.42 Å². The van der Waals surface area contributed by atoms with Crippen molar-refractivity contribution in [3.8, 4) is 33.4 Å². The summed E-state index contributed by atoms with van der Waals surface area (Å²) in [6.07, 6.45) is 0. The summed E-state index contributed by atoms with van der Waals surface area (Å²) in [7, 11) is 0. The molecule has 0 fully saturated rings. The minimum atomic E-state index is -0.214. The van der Waals surface area contributed by atoms with Crippen LogP contribution < -0.4 is 4.90 Å². The molecule has 0 N–H and O–H groups in total. The largest absolute Gasteiger partial charge is 0.456 e. The van der Waals surface area contributed by atoms with Crippen molar-refractivity contribution in [2.75, 3.05) is 4.90 Å². The molecule has 0 spiro atoms. The number of rotatable bonds is 5. The van der Waals surface area contributed by atoms with E-state index in [9.17, 15) is 0 Å². The van der Waals surface area contributed by atoms with Gasteiger partial charge in [0.2, 0.25) is 0 Å². The SMILES string of the molecule is CC1(C)c2ccccc2-c2c(-c3ccccc3)cc(N(c3ccc4c5ccccc5c5ccccc5c4c3)c3cccc4oc5ccc(-c6ccccc6)cc5c34)cc21. The van der Waals surface area contributed by atoms with Gasteiger partial charge in [0.05, 0.1) is 11.1 Å². The third-order valence-electron chi connectivity index (χ3n) is 12.8. The Kier molecular flexibility index (Phi) is 7.31. The highest BCUT2D eigenvalue weighted by Gasteiger charge is 2.38. The van der Waals surface area contributed by atoms with Crippen LogP contribution in [-0.4, -0.2) is 0 Å². The highest BCUT2D eigenvalue weighted by molar-refractivity contribution is 6.26. The van der Waals surface area contributed by atoms with Gasteiger partial charge in [-0.3, -0.25) is 0 Å². The van der Waals surface area contributed by atoms with Crippen LogP contribution in [0.1, 0.15) is 25.0 Å². The Balaban J connectivity index is 1.20. The van der Waals surface area contributed by atoms with Crippen LogP contribution in [0.25, 0.3) is 87.6 Å². The smallest absolute Gasteiger partial charge is 0.137 e. The average Bonchev–Trinajstić information content (AvgIpc) is 3.79. The maximum Gasteiger partial charge on any atom is 0.137 e. The summed E-state index contributed by atoms with van der Waals surface area (Å²) in [5.41, 5.74) is 14.9. The molecule has 1 heterocycles. The fourth-order valence-corrected chi connectivity index (χ4v) is 10.0. The molecular weight excluding hydrogens is 715 g/mol. The predicted molar refractivity (Wildman–Crippen MR) is 249 cm³/mol. The van der Waals surface area contributed by atoms with Crippen molar-refractivity contribution >= 4 is 71.3 Å². The standard InChI is InChI=1S/C57H39NO/c1-57(2)50-25-14-13-24-46(50)55-47(37-18-7-4-8-19-37)34-40(35-51(55)57)58(39-29-30-45-43-22-10-9-20-41(43)42-21-11-12-23-44(42)48(45)33-39)52-26-15-27-54-56(52)49-32-38(28-31-53(49)59-54)36-16-5-3-6-17-36/h3-35H,1-2H3. The average molecular weight is 754 g/mol. The Morgan fingerprint density at radius 3 is 1.73 bits per heavy atom. The lowest BCUT2D eigenvalue weighted by Crippen LogP contribution is -2.17. The topological polar surface area (TPSA) is 16.4 Å². The Hall–Kier alpha value is -7.42. The van der Waals surface area contributed by atoms with Crippen LogP contribution >= 0.6 is 0 Å². The Labute approximate surface area is 343 Å². The first-order valence-electron chi connectivity index (χ1n) is 20.5. The van der Waals surface area contributed by atoms with E-state index in [0.29, 0.717) is 0 Å². The van der Waals surface area contributed by atoms with E-state index in [1.807, 2.05) is 0 Å². The lowest BCUT2D eigenvalue weighted by molar-refractivity contribution is 0.660. The third kappa shape index (κ3) is 5.06. The van der Waals surface area contributed by atoms with Gasteiger partial charge in [-0.2, -0.15) is 0 Å². The summed E-state index contributed by atoms with van der Waals surface area (Å²) in [5.74, 6) is 0. The summed E-state index contributed by atoms with van der Waals surface area (Å²) in [4.78, 5) is 2.49. The molecule has 1 aromatic heterocycles. The Bertz CT molecular complexity index is 3430. The summed E-state index contributed by atoms with van der Waals surface area (Å²) >= 11 is 0. The fourth-order valence-electron chi connectivity index (χ4n) is 10.0. The molecule has 0 bridgehead atoms. The van der Waals surface area contributed by atoms with Gasteiger partial charge in [0, 0.05) is 22.2 Å². The van der Waals surface area contributed by atoms with Crippen molar-refractivity contribution in [1.29, 1.82) is 0 Å². The monoisotopic (exact) mass is 753 g/mol. The second kappa shape index (κ2) is 12.8. The molecule has 1 aliphatic carbocycles. The van der Waals surface area contributed by atoms with E-state index in [1.165, 1.54) is 71.3 Å². The lowest BCUT2D eigenvalue weighted by Gasteiger charge is -2.30. The predicted octanol–water partition coefficient (Wildman–Crippen LogP) is 16.2. The third-order valence-corrected chi connectivity index (χ3v) is 12.8. The quantitative estimate of drug-likeness (QED) is 0.163. The molecule has 0 saturated carbocycles. The van der Waals surface area contributed by atoms with Gasteiger partial charge >= 0.3 is 0 Å². The molecule has 11 aromatic rings. The highest BCUT2D eigenvalue weighted by Crippen LogP contribution is 2.55. The van der Waals surface area contributed by atoms with E-state index in [1.54, 1.807) is 0 Å². The molecule has 2 nitrogen and oxygen atoms in total. The second-order valence-electron chi connectivity index (χ2n) is 16.4. The molecule has 2 heteroatoms. The van der Waals surface area contributed by atoms with Crippen LogP contribution in [0, 0.1) is 0 Å². The number of hydrogen-bond donors (Lipinski definition) is 0. The first-order chi connectivity index (χ1) is 29.0. The van der Waals surface area contributed by atoms with Crippen molar-refractivity contribution in [2.24, 2.45) is 0 Å². The van der Waals surface area contributed by atoms with Gasteiger partial charge in [-0.15, -0.1) is 0 Å². The van der Waals surface area contributed by atoms with Crippen LogP contribution in [0.2, 0.25) is 0 Å². The number of nitrogens with zero attached hydrogens (tertiary/aromatic N) is 1. The molecule has 0 radical (unpaired) electrons. The summed E-state index contributed by atoms with van der Waals surface area (Å²) in [6, 6.07) is 73.2. The molecule has 10 aromatic carbocycles. The molecule has 0 unspecified atom stereocenters. The van der Waals surface area contributed by atoms with Crippen LogP contribution in [-0.2, 0) is 5.41 Å². The van der Waals surface area contributed by atoms with Crippen molar-refractivity contribution in [3.05, 3.63) is 211 Å². The number of benzene rings is 10. The van der Waals surface area contributed by atoms with Crippen molar-refractivity contribution in [3.63, 3.8) is 0 Å². The zero-order valence-electron chi connectivity index (χ0n) is 32.9. The summed E-state index contributed by atoms with van der Waals surface area (Å²) in [6.45, 7) is 4.76. The first kappa shape index (κ1) is 33.7. The number of fused-ring (bicyclic) bond motifs is 12. The zero-order chi connectivity index (χ0) is 39.2. The number of furan rings is 1. The zero-order valence-corrected chi connectivity index (χ0v) is 32.9. The molecule has 1 aliphatic rings. The van der Waals surface area contributed by atoms with Crippen molar-refractivity contribution in [1.82, 2.24) is 0 Å². The summed E-state index contributed by atoms with van der Waals surface area (Å²) in [5, 5.41) is 9.71. The normalized spacial score (nSPS) is 13.1. The molecule has 278 valence electrons.